The van der Waals surface area contributed by atoms with Crippen molar-refractivity contribution < 1.29 is 33.4 Å². The van der Waals surface area contributed by atoms with Crippen molar-refractivity contribution in [2.75, 3.05) is 56.2 Å². The summed E-state index contributed by atoms with van der Waals surface area (Å²) in [5, 5.41) is 4.24. The summed E-state index contributed by atoms with van der Waals surface area (Å²) in [7, 11) is 1.27. The molecule has 3 aliphatic rings. The molecule has 1 unspecified atom stereocenters. The van der Waals surface area contributed by atoms with Crippen LogP contribution in [0, 0.1) is 0 Å². The summed E-state index contributed by atoms with van der Waals surface area (Å²) < 4.78 is 15.8. The van der Waals surface area contributed by atoms with E-state index in [-0.39, 0.29) is 18.5 Å². The van der Waals surface area contributed by atoms with Crippen LogP contribution in [0.3, 0.4) is 0 Å². The van der Waals surface area contributed by atoms with Gasteiger partial charge < -0.3 is 29.3 Å². The first-order chi connectivity index (χ1) is 14.4. The third-order valence-corrected chi connectivity index (χ3v) is 5.26. The average molecular weight is 420 g/mol. The van der Waals surface area contributed by atoms with Crippen molar-refractivity contribution in [1.29, 1.82) is 0 Å². The number of benzene rings is 1. The Morgan fingerprint density at radius 1 is 1.27 bits per heavy atom. The maximum atomic E-state index is 12.3. The van der Waals surface area contributed by atoms with Crippen LogP contribution in [0.5, 0.6) is 5.75 Å². The fraction of sp³-hybridized carbons (Fsp3) is 0.526. The van der Waals surface area contributed by atoms with Gasteiger partial charge in [-0.05, 0) is 12.1 Å². The van der Waals surface area contributed by atoms with Crippen LogP contribution >= 0.6 is 0 Å². The molecule has 0 spiro atoms. The van der Waals surface area contributed by atoms with Crippen LogP contribution in [0.25, 0.3) is 0 Å². The number of amides is 2. The van der Waals surface area contributed by atoms with Crippen LogP contribution in [0.1, 0.15) is 6.92 Å². The molecular formula is C19H24N4O7. The molecule has 0 radical (unpaired) electrons. The summed E-state index contributed by atoms with van der Waals surface area (Å²) in [6.07, 6.45) is -1.59. The predicted molar refractivity (Wildman–Crippen MR) is 104 cm³/mol. The molecule has 2 saturated heterocycles. The van der Waals surface area contributed by atoms with E-state index in [2.05, 4.69) is 15.0 Å². The van der Waals surface area contributed by atoms with E-state index in [9.17, 15) is 14.4 Å². The quantitative estimate of drug-likeness (QED) is 0.705. The van der Waals surface area contributed by atoms with E-state index < -0.39 is 18.4 Å². The van der Waals surface area contributed by atoms with Crippen molar-refractivity contribution in [2.24, 2.45) is 0 Å². The molecule has 1 N–H and O–H groups in total. The molecule has 11 heteroatoms. The summed E-state index contributed by atoms with van der Waals surface area (Å²) in [4.78, 5) is 43.5. The summed E-state index contributed by atoms with van der Waals surface area (Å²) in [6, 6.07) is 5.62. The van der Waals surface area contributed by atoms with Gasteiger partial charge in [-0.15, -0.1) is 5.06 Å². The Labute approximate surface area is 173 Å². The predicted octanol–water partition coefficient (Wildman–Crippen LogP) is 0.729. The summed E-state index contributed by atoms with van der Waals surface area (Å²) in [5.74, 6) is 0.516. The van der Waals surface area contributed by atoms with Crippen LogP contribution in [0.2, 0.25) is 0 Å². The van der Waals surface area contributed by atoms with E-state index in [0.29, 0.717) is 44.2 Å². The van der Waals surface area contributed by atoms with Gasteiger partial charge >= 0.3 is 12.2 Å². The van der Waals surface area contributed by atoms with Crippen LogP contribution in [0.4, 0.5) is 21.0 Å². The minimum atomic E-state index is -0.737. The first-order valence-electron chi connectivity index (χ1n) is 9.71. The normalized spacial score (nSPS) is 23.1. The number of fused-ring (bicyclic) bond motifs is 3. The molecule has 30 heavy (non-hydrogen) atoms. The molecule has 2 fully saturated rings. The Kier molecular flexibility index (Phi) is 5.53. The smallest absolute Gasteiger partial charge is 0.489 e. The second-order valence-corrected chi connectivity index (χ2v) is 7.30. The van der Waals surface area contributed by atoms with E-state index in [1.165, 1.54) is 18.9 Å². The number of methoxy groups -OCH3 is 1. The van der Waals surface area contributed by atoms with Crippen LogP contribution in [-0.4, -0.2) is 81.8 Å². The Morgan fingerprint density at radius 2 is 2.10 bits per heavy atom. The minimum absolute atomic E-state index is 0.0283. The lowest BCUT2D eigenvalue weighted by Crippen LogP contribution is -2.57. The number of hydrogen-bond acceptors (Lipinski definition) is 9. The fourth-order valence-corrected chi connectivity index (χ4v) is 3.82. The number of ether oxygens (including phenoxy) is 3. The topological polar surface area (TPSA) is 110 Å². The van der Waals surface area contributed by atoms with Crippen molar-refractivity contribution in [2.45, 2.75) is 19.1 Å². The maximum absolute atomic E-state index is 12.3. The van der Waals surface area contributed by atoms with Gasteiger partial charge in [0, 0.05) is 19.5 Å². The van der Waals surface area contributed by atoms with Crippen molar-refractivity contribution in [3.8, 4) is 5.75 Å². The zero-order chi connectivity index (χ0) is 21.3. The zero-order valence-electron chi connectivity index (χ0n) is 16.8. The number of anilines is 2. The fourth-order valence-electron chi connectivity index (χ4n) is 3.82. The third kappa shape index (κ3) is 4.06. The first kappa shape index (κ1) is 20.1. The van der Waals surface area contributed by atoms with Crippen molar-refractivity contribution in [1.82, 2.24) is 10.4 Å². The molecule has 11 nitrogen and oxygen atoms in total. The monoisotopic (exact) mass is 420 g/mol. The Morgan fingerprint density at radius 3 is 2.87 bits per heavy atom. The van der Waals surface area contributed by atoms with Gasteiger partial charge in [-0.3, -0.25) is 9.69 Å². The number of rotatable bonds is 4. The number of hydrogen-bond donors (Lipinski definition) is 1. The van der Waals surface area contributed by atoms with Crippen LogP contribution in [0.15, 0.2) is 18.2 Å². The lowest BCUT2D eigenvalue weighted by Gasteiger charge is -2.44. The van der Waals surface area contributed by atoms with Gasteiger partial charge in [0.05, 0.1) is 50.7 Å². The van der Waals surface area contributed by atoms with Crippen molar-refractivity contribution >= 4 is 29.5 Å². The van der Waals surface area contributed by atoms with Crippen LogP contribution < -0.4 is 19.9 Å². The third-order valence-electron chi connectivity index (χ3n) is 5.26. The summed E-state index contributed by atoms with van der Waals surface area (Å²) in [6.45, 7) is 4.16. The molecule has 4 rings (SSSR count). The van der Waals surface area contributed by atoms with Gasteiger partial charge in [-0.2, -0.15) is 0 Å². The Hall–Kier alpha value is -3.21. The molecule has 162 valence electrons. The van der Waals surface area contributed by atoms with Crippen LogP contribution in [-0.2, 0) is 19.1 Å². The van der Waals surface area contributed by atoms with E-state index in [1.807, 2.05) is 18.2 Å². The molecule has 2 atom stereocenters. The molecule has 0 aliphatic carbocycles. The van der Waals surface area contributed by atoms with Gasteiger partial charge in [-0.25, -0.2) is 9.59 Å². The average Bonchev–Trinajstić information content (AvgIpc) is 3.12. The second-order valence-electron chi connectivity index (χ2n) is 7.30. The molecule has 3 heterocycles. The molecule has 1 aromatic rings. The molecule has 1 aromatic carbocycles. The molecule has 0 bridgehead atoms. The second kappa shape index (κ2) is 8.27. The van der Waals surface area contributed by atoms with Gasteiger partial charge in [0.15, 0.2) is 0 Å². The number of hydroxylamine groups is 2. The largest absolute Gasteiger partial charge is 0.527 e. The lowest BCUT2D eigenvalue weighted by molar-refractivity contribution is -0.135. The molecular weight excluding hydrogens is 396 g/mol. The van der Waals surface area contributed by atoms with E-state index in [4.69, 9.17) is 14.3 Å². The van der Waals surface area contributed by atoms with Crippen molar-refractivity contribution in [3.05, 3.63) is 18.2 Å². The Balaban J connectivity index is 1.43. The van der Waals surface area contributed by atoms with Gasteiger partial charge in [0.1, 0.15) is 18.5 Å². The van der Waals surface area contributed by atoms with Gasteiger partial charge in [0.25, 0.3) is 0 Å². The number of nitrogens with one attached hydrogen (secondary N) is 1. The van der Waals surface area contributed by atoms with Gasteiger partial charge in [0.2, 0.25) is 5.91 Å². The maximum Gasteiger partial charge on any atom is 0.527 e. The molecule has 0 saturated carbocycles. The SMILES string of the molecule is COC(=O)ON1CCN2c3ccc(N4C[C@H](CNC(C)=O)OC4=O)cc3OCC2C1. The lowest BCUT2D eigenvalue weighted by atomic mass is 10.1. The highest BCUT2D eigenvalue weighted by molar-refractivity contribution is 5.90. The number of carbonyl (C=O) groups excluding carboxylic acids is 3. The molecule has 2 amide bonds. The highest BCUT2D eigenvalue weighted by Gasteiger charge is 2.36. The summed E-state index contributed by atoms with van der Waals surface area (Å²) in [5.41, 5.74) is 1.60. The number of cyclic esters (lactones) is 1. The molecule has 3 aliphatic heterocycles. The number of carbonyl (C=O) groups is 3. The van der Waals surface area contributed by atoms with E-state index in [1.54, 1.807) is 5.06 Å². The van der Waals surface area contributed by atoms with Gasteiger partial charge in [-0.1, -0.05) is 0 Å². The minimum Gasteiger partial charge on any atom is -0.489 e. The van der Waals surface area contributed by atoms with Crippen molar-refractivity contribution in [3.63, 3.8) is 0 Å². The number of nitrogens with zero attached hydrogens (tertiary/aromatic N) is 3. The highest BCUT2D eigenvalue weighted by atomic mass is 16.8. The Bertz CT molecular complexity index is 848. The van der Waals surface area contributed by atoms with E-state index >= 15 is 0 Å². The standard InChI is InChI=1S/C19H24N4O7/c1-12(24)20-8-15-10-23(18(25)29-15)13-3-4-16-17(7-13)28-11-14-9-21(5-6-22(14)16)30-19(26)27-2/h3-4,7,14-15H,5-6,8-11H2,1-2H3,(H,20,24)/t14?,15-/m0/s1. The van der Waals surface area contributed by atoms with E-state index in [0.717, 1.165) is 5.69 Å². The highest BCUT2D eigenvalue weighted by Crippen LogP contribution is 2.39. The number of piperazine rings is 1. The zero-order valence-corrected chi connectivity index (χ0v) is 16.8. The first-order valence-corrected chi connectivity index (χ1v) is 9.71. The summed E-state index contributed by atoms with van der Waals surface area (Å²) >= 11 is 0. The molecule has 0 aromatic heterocycles.